The van der Waals surface area contributed by atoms with Gasteiger partial charge in [0.15, 0.2) is 5.82 Å². The van der Waals surface area contributed by atoms with Crippen LogP contribution in [0.5, 0.6) is 0 Å². The highest BCUT2D eigenvalue weighted by Crippen LogP contribution is 2.16. The average Bonchev–Trinajstić information content (AvgIpc) is 3.00. The molecule has 0 radical (unpaired) electrons. The fourth-order valence-corrected chi connectivity index (χ4v) is 3.13. The second kappa shape index (κ2) is 8.17. The number of anilines is 1. The zero-order valence-corrected chi connectivity index (χ0v) is 14.7. The first-order valence-corrected chi connectivity index (χ1v) is 8.52. The third-order valence-corrected chi connectivity index (χ3v) is 4.40. The average molecular weight is 344 g/mol. The number of pyridine rings is 1. The van der Waals surface area contributed by atoms with Crippen molar-refractivity contribution in [1.82, 2.24) is 24.9 Å². The topological polar surface area (TPSA) is 87.4 Å². The molecule has 1 aliphatic heterocycles. The van der Waals surface area contributed by atoms with Crippen molar-refractivity contribution in [2.24, 2.45) is 0 Å². The number of likely N-dealkylation sites (tertiary alicyclic amines) is 1. The molecular formula is C17H24N6O2. The SMILES string of the molecule is Cc1nc(CN2CCC[C@@H](N(C)CC(=O)Nc3ccncc3)C2)no1. The molecule has 0 bridgehead atoms. The summed E-state index contributed by atoms with van der Waals surface area (Å²) < 4.78 is 5.03. The minimum Gasteiger partial charge on any atom is -0.340 e. The molecule has 8 heteroatoms. The quantitative estimate of drug-likeness (QED) is 0.845. The Morgan fingerprint density at radius 2 is 2.24 bits per heavy atom. The lowest BCUT2D eigenvalue weighted by atomic mass is 10.0. The van der Waals surface area contributed by atoms with E-state index in [4.69, 9.17) is 4.52 Å². The van der Waals surface area contributed by atoms with Gasteiger partial charge in [-0.15, -0.1) is 0 Å². The van der Waals surface area contributed by atoms with Crippen LogP contribution in [0, 0.1) is 6.92 Å². The van der Waals surface area contributed by atoms with Crippen molar-refractivity contribution in [2.75, 3.05) is 32.0 Å². The van der Waals surface area contributed by atoms with E-state index < -0.39 is 0 Å². The number of likely N-dealkylation sites (N-methyl/N-ethyl adjacent to an activating group) is 1. The van der Waals surface area contributed by atoms with Gasteiger partial charge < -0.3 is 9.84 Å². The normalized spacial score (nSPS) is 18.4. The van der Waals surface area contributed by atoms with Crippen LogP contribution in [0.2, 0.25) is 0 Å². The predicted molar refractivity (Wildman–Crippen MR) is 92.8 cm³/mol. The maximum atomic E-state index is 12.2. The molecule has 0 aromatic carbocycles. The van der Waals surface area contributed by atoms with Gasteiger partial charge in [0.25, 0.3) is 0 Å². The molecule has 1 aliphatic rings. The Hall–Kier alpha value is -2.32. The van der Waals surface area contributed by atoms with Gasteiger partial charge in [0.05, 0.1) is 13.1 Å². The summed E-state index contributed by atoms with van der Waals surface area (Å²) in [5, 5.41) is 6.86. The van der Waals surface area contributed by atoms with E-state index in [1.807, 2.05) is 7.05 Å². The molecule has 0 unspecified atom stereocenters. The van der Waals surface area contributed by atoms with Crippen LogP contribution in [0.4, 0.5) is 5.69 Å². The number of aryl methyl sites for hydroxylation is 1. The summed E-state index contributed by atoms with van der Waals surface area (Å²) in [6.45, 7) is 4.76. The van der Waals surface area contributed by atoms with E-state index in [9.17, 15) is 4.79 Å². The molecule has 134 valence electrons. The summed E-state index contributed by atoms with van der Waals surface area (Å²) in [7, 11) is 2.00. The Bertz CT molecular complexity index is 689. The number of rotatable bonds is 6. The molecule has 1 saturated heterocycles. The smallest absolute Gasteiger partial charge is 0.238 e. The Balaban J connectivity index is 1.49. The van der Waals surface area contributed by atoms with E-state index in [1.165, 1.54) is 0 Å². The van der Waals surface area contributed by atoms with E-state index in [-0.39, 0.29) is 5.91 Å². The molecule has 1 N–H and O–H groups in total. The maximum Gasteiger partial charge on any atom is 0.238 e. The van der Waals surface area contributed by atoms with Crippen LogP contribution in [0.1, 0.15) is 24.6 Å². The minimum atomic E-state index is -0.0142. The number of amides is 1. The van der Waals surface area contributed by atoms with Crippen LogP contribution in [-0.4, -0.2) is 63.6 Å². The number of nitrogens with zero attached hydrogens (tertiary/aromatic N) is 5. The van der Waals surface area contributed by atoms with Crippen molar-refractivity contribution >= 4 is 11.6 Å². The Kier molecular flexibility index (Phi) is 5.72. The largest absolute Gasteiger partial charge is 0.340 e. The number of nitrogens with one attached hydrogen (secondary N) is 1. The van der Waals surface area contributed by atoms with Crippen molar-refractivity contribution in [1.29, 1.82) is 0 Å². The summed E-state index contributed by atoms with van der Waals surface area (Å²) in [5.41, 5.74) is 0.770. The number of piperidine rings is 1. The fraction of sp³-hybridized carbons (Fsp3) is 0.529. The van der Waals surface area contributed by atoms with Gasteiger partial charge in [-0.25, -0.2) is 0 Å². The van der Waals surface area contributed by atoms with Gasteiger partial charge in [0.1, 0.15) is 0 Å². The van der Waals surface area contributed by atoms with Gasteiger partial charge in [-0.3, -0.25) is 19.6 Å². The first kappa shape index (κ1) is 17.5. The molecule has 0 saturated carbocycles. The van der Waals surface area contributed by atoms with Crippen molar-refractivity contribution in [3.05, 3.63) is 36.2 Å². The highest BCUT2D eigenvalue weighted by Gasteiger charge is 2.25. The van der Waals surface area contributed by atoms with Crippen LogP contribution in [0.15, 0.2) is 29.0 Å². The Morgan fingerprint density at radius 1 is 1.44 bits per heavy atom. The molecule has 3 rings (SSSR count). The molecule has 0 spiro atoms. The number of hydrogen-bond donors (Lipinski definition) is 1. The number of hydrogen-bond acceptors (Lipinski definition) is 7. The standard InChI is InChI=1S/C17H24N6O2/c1-13-19-16(21-25-13)11-23-9-3-4-15(10-23)22(2)12-17(24)20-14-5-7-18-8-6-14/h5-8,15H,3-4,9-12H2,1-2H3,(H,18,20,24)/t15-/m1/s1. The number of carbonyl (C=O) groups excluding carboxylic acids is 1. The highest BCUT2D eigenvalue weighted by molar-refractivity contribution is 5.92. The van der Waals surface area contributed by atoms with Gasteiger partial charge in [0.2, 0.25) is 11.8 Å². The molecule has 2 aromatic rings. The predicted octanol–water partition coefficient (Wildman–Crippen LogP) is 1.31. The van der Waals surface area contributed by atoms with Crippen molar-refractivity contribution < 1.29 is 9.32 Å². The summed E-state index contributed by atoms with van der Waals surface area (Å²) in [6, 6.07) is 3.91. The van der Waals surface area contributed by atoms with Gasteiger partial charge in [-0.1, -0.05) is 5.16 Å². The zero-order valence-electron chi connectivity index (χ0n) is 14.7. The maximum absolute atomic E-state index is 12.2. The van der Waals surface area contributed by atoms with Gasteiger partial charge in [-0.05, 0) is 38.6 Å². The molecule has 1 atom stereocenters. The van der Waals surface area contributed by atoms with Crippen LogP contribution in [0.25, 0.3) is 0 Å². The summed E-state index contributed by atoms with van der Waals surface area (Å²) >= 11 is 0. The minimum absolute atomic E-state index is 0.0142. The number of carbonyl (C=O) groups is 1. The molecule has 0 aliphatic carbocycles. The molecule has 25 heavy (non-hydrogen) atoms. The van der Waals surface area contributed by atoms with Crippen LogP contribution >= 0.6 is 0 Å². The van der Waals surface area contributed by atoms with Crippen LogP contribution in [0.3, 0.4) is 0 Å². The Labute approximate surface area is 147 Å². The van der Waals surface area contributed by atoms with Crippen molar-refractivity contribution in [2.45, 2.75) is 32.4 Å². The van der Waals surface area contributed by atoms with E-state index in [2.05, 4.69) is 30.2 Å². The lowest BCUT2D eigenvalue weighted by molar-refractivity contribution is -0.117. The van der Waals surface area contributed by atoms with Gasteiger partial charge >= 0.3 is 0 Å². The van der Waals surface area contributed by atoms with E-state index in [0.717, 1.165) is 37.4 Å². The van der Waals surface area contributed by atoms with Gasteiger partial charge in [-0.2, -0.15) is 4.98 Å². The lowest BCUT2D eigenvalue weighted by Gasteiger charge is -2.36. The fourth-order valence-electron chi connectivity index (χ4n) is 3.13. The first-order valence-electron chi connectivity index (χ1n) is 8.52. The molecule has 1 amide bonds. The lowest BCUT2D eigenvalue weighted by Crippen LogP contribution is -2.48. The summed E-state index contributed by atoms with van der Waals surface area (Å²) in [5.74, 6) is 1.30. The van der Waals surface area contributed by atoms with Gasteiger partial charge in [0, 0.05) is 37.6 Å². The molecule has 1 fully saturated rings. The monoisotopic (exact) mass is 344 g/mol. The highest BCUT2D eigenvalue weighted by atomic mass is 16.5. The van der Waals surface area contributed by atoms with E-state index >= 15 is 0 Å². The molecule has 8 nitrogen and oxygen atoms in total. The van der Waals surface area contributed by atoms with Crippen molar-refractivity contribution in [3.8, 4) is 0 Å². The van der Waals surface area contributed by atoms with E-state index in [0.29, 0.717) is 25.0 Å². The molecule has 2 aromatic heterocycles. The zero-order chi connectivity index (χ0) is 17.6. The third-order valence-electron chi connectivity index (χ3n) is 4.40. The second-order valence-corrected chi connectivity index (χ2v) is 6.46. The van der Waals surface area contributed by atoms with Crippen LogP contribution < -0.4 is 5.32 Å². The summed E-state index contributed by atoms with van der Waals surface area (Å²) in [4.78, 5) is 24.9. The third kappa shape index (κ3) is 5.07. The van der Waals surface area contributed by atoms with Crippen LogP contribution in [-0.2, 0) is 11.3 Å². The van der Waals surface area contributed by atoms with Crippen molar-refractivity contribution in [3.63, 3.8) is 0 Å². The first-order chi connectivity index (χ1) is 12.1. The molecular weight excluding hydrogens is 320 g/mol. The Morgan fingerprint density at radius 3 is 2.96 bits per heavy atom. The summed E-state index contributed by atoms with van der Waals surface area (Å²) in [6.07, 6.45) is 5.51. The number of aromatic nitrogens is 3. The molecule has 3 heterocycles. The van der Waals surface area contributed by atoms with E-state index in [1.54, 1.807) is 31.5 Å². The second-order valence-electron chi connectivity index (χ2n) is 6.46.